The molecule has 2 N–H and O–H groups in total. The Balaban J connectivity index is 1.86. The van der Waals surface area contributed by atoms with E-state index < -0.39 is 0 Å². The minimum Gasteiger partial charge on any atom is -0.494 e. The van der Waals surface area contributed by atoms with Crippen LogP contribution in [-0.2, 0) is 17.6 Å². The third-order valence-corrected chi connectivity index (χ3v) is 6.03. The fourth-order valence-corrected chi connectivity index (χ4v) is 4.57. The van der Waals surface area contributed by atoms with Gasteiger partial charge in [0.1, 0.15) is 11.5 Å². The topological polar surface area (TPSA) is 53.2 Å². The summed E-state index contributed by atoms with van der Waals surface area (Å²) in [6, 6.07) is 6.44. The molecule has 4 rings (SSSR count). The summed E-state index contributed by atoms with van der Waals surface area (Å²) in [5.41, 5.74) is 8.41. The minimum absolute atomic E-state index is 0.463. The zero-order valence-corrected chi connectivity index (χ0v) is 17.3. The third-order valence-electron chi connectivity index (χ3n) is 6.03. The van der Waals surface area contributed by atoms with Crippen LogP contribution < -0.4 is 0 Å². The van der Waals surface area contributed by atoms with E-state index in [2.05, 4.69) is 42.0 Å². The van der Waals surface area contributed by atoms with Gasteiger partial charge in [0.2, 0.25) is 0 Å². The predicted molar refractivity (Wildman–Crippen MR) is 115 cm³/mol. The Bertz CT molecular complexity index is 888. The van der Waals surface area contributed by atoms with Gasteiger partial charge in [0.25, 0.3) is 0 Å². The molecule has 2 aliphatic rings. The summed E-state index contributed by atoms with van der Waals surface area (Å²) < 4.78 is 5.79. The second-order valence-electron chi connectivity index (χ2n) is 7.84. The van der Waals surface area contributed by atoms with Crippen molar-refractivity contribution in [1.29, 1.82) is 0 Å². The molecule has 2 aromatic heterocycles. The number of aliphatic imine (C=N–C) groups is 1. The average molecular weight is 378 g/mol. The van der Waals surface area contributed by atoms with Crippen LogP contribution in [0.4, 0.5) is 0 Å². The summed E-state index contributed by atoms with van der Waals surface area (Å²) in [6.45, 7) is 4.55. The number of rotatable bonds is 7. The van der Waals surface area contributed by atoms with Gasteiger partial charge in [-0.3, -0.25) is 0 Å². The lowest BCUT2D eigenvalue weighted by atomic mass is 9.87. The molecule has 3 heterocycles. The van der Waals surface area contributed by atoms with Crippen molar-refractivity contribution in [2.45, 2.75) is 58.8 Å². The summed E-state index contributed by atoms with van der Waals surface area (Å²) in [5, 5.41) is 0. The summed E-state index contributed by atoms with van der Waals surface area (Å²) in [4.78, 5) is 12.1. The molecule has 1 aliphatic heterocycles. The molecule has 4 nitrogen and oxygen atoms in total. The van der Waals surface area contributed by atoms with E-state index in [1.165, 1.54) is 41.8 Å². The molecule has 0 saturated heterocycles. The maximum absolute atomic E-state index is 5.79. The number of nitrogens with one attached hydrogen (secondary N) is 2. The number of H-pyrrole nitrogens is 2. The Labute approximate surface area is 167 Å². The number of aromatic amines is 2. The first-order valence-corrected chi connectivity index (χ1v) is 10.7. The molecule has 148 valence electrons. The fourth-order valence-electron chi connectivity index (χ4n) is 4.57. The van der Waals surface area contributed by atoms with Crippen LogP contribution >= 0.6 is 0 Å². The van der Waals surface area contributed by atoms with Crippen LogP contribution in [0.2, 0.25) is 0 Å². The zero-order valence-electron chi connectivity index (χ0n) is 17.3. The van der Waals surface area contributed by atoms with Gasteiger partial charge in [-0.25, -0.2) is 4.99 Å². The van der Waals surface area contributed by atoms with Gasteiger partial charge in [-0.05, 0) is 68.2 Å². The van der Waals surface area contributed by atoms with Crippen molar-refractivity contribution in [1.82, 2.24) is 9.97 Å². The number of nitrogens with zero attached hydrogens (tertiary/aromatic N) is 1. The molecule has 0 aromatic carbocycles. The van der Waals surface area contributed by atoms with Crippen molar-refractivity contribution in [2.75, 3.05) is 7.11 Å². The van der Waals surface area contributed by atoms with Crippen LogP contribution in [-0.4, -0.2) is 22.8 Å². The maximum atomic E-state index is 5.79. The van der Waals surface area contributed by atoms with Crippen LogP contribution in [0.5, 0.6) is 0 Å². The van der Waals surface area contributed by atoms with E-state index in [1.807, 2.05) is 12.3 Å². The first kappa shape index (κ1) is 18.9. The molecule has 0 bridgehead atoms. The molecule has 0 amide bonds. The highest BCUT2D eigenvalue weighted by Crippen LogP contribution is 2.39. The second kappa shape index (κ2) is 8.26. The van der Waals surface area contributed by atoms with Gasteiger partial charge in [0.15, 0.2) is 0 Å². The molecule has 0 radical (unpaired) electrons. The van der Waals surface area contributed by atoms with Gasteiger partial charge in [0.05, 0.1) is 18.5 Å². The SMILES string of the molecule is CCCC(CC)C(=C1N=C(c2ccc[nH]2)C=C1OC)c1cc2c([nH]1)CCCC2. The van der Waals surface area contributed by atoms with Gasteiger partial charge in [-0.1, -0.05) is 20.3 Å². The summed E-state index contributed by atoms with van der Waals surface area (Å²) in [7, 11) is 1.75. The molecule has 0 fully saturated rings. The lowest BCUT2D eigenvalue weighted by Crippen LogP contribution is -2.07. The van der Waals surface area contributed by atoms with E-state index in [9.17, 15) is 0 Å². The van der Waals surface area contributed by atoms with E-state index in [4.69, 9.17) is 9.73 Å². The van der Waals surface area contributed by atoms with Crippen molar-refractivity contribution in [3.8, 4) is 0 Å². The van der Waals surface area contributed by atoms with E-state index >= 15 is 0 Å². The summed E-state index contributed by atoms with van der Waals surface area (Å²) in [6.07, 6.45) is 12.3. The Morgan fingerprint density at radius 3 is 2.79 bits per heavy atom. The highest BCUT2D eigenvalue weighted by Gasteiger charge is 2.27. The van der Waals surface area contributed by atoms with Crippen LogP contribution in [0.25, 0.3) is 5.57 Å². The lowest BCUT2D eigenvalue weighted by molar-refractivity contribution is 0.302. The van der Waals surface area contributed by atoms with Crippen molar-refractivity contribution in [3.05, 3.63) is 64.6 Å². The molecule has 0 spiro atoms. The van der Waals surface area contributed by atoms with Crippen LogP contribution in [0.1, 0.15) is 68.6 Å². The second-order valence-corrected chi connectivity index (χ2v) is 7.84. The monoisotopic (exact) mass is 377 g/mol. The smallest absolute Gasteiger partial charge is 0.147 e. The van der Waals surface area contributed by atoms with Crippen molar-refractivity contribution < 1.29 is 4.74 Å². The number of allylic oxidation sites excluding steroid dienone is 2. The van der Waals surface area contributed by atoms with Crippen molar-refractivity contribution in [3.63, 3.8) is 0 Å². The molecule has 1 aliphatic carbocycles. The normalized spacial score (nSPS) is 19.1. The highest BCUT2D eigenvalue weighted by atomic mass is 16.5. The van der Waals surface area contributed by atoms with Gasteiger partial charge in [-0.15, -0.1) is 0 Å². The molecular formula is C24H31N3O. The van der Waals surface area contributed by atoms with Gasteiger partial charge >= 0.3 is 0 Å². The van der Waals surface area contributed by atoms with Crippen molar-refractivity contribution in [2.24, 2.45) is 10.9 Å². The van der Waals surface area contributed by atoms with E-state index in [1.54, 1.807) is 7.11 Å². The van der Waals surface area contributed by atoms with E-state index in [0.717, 1.165) is 48.5 Å². The largest absolute Gasteiger partial charge is 0.494 e. The number of hydrogen-bond donors (Lipinski definition) is 2. The predicted octanol–water partition coefficient (Wildman–Crippen LogP) is 5.79. The molecule has 0 saturated carbocycles. The lowest BCUT2D eigenvalue weighted by Gasteiger charge is -2.20. The zero-order chi connectivity index (χ0) is 19.5. The van der Waals surface area contributed by atoms with E-state index in [0.29, 0.717) is 5.92 Å². The number of fused-ring (bicyclic) bond motifs is 1. The van der Waals surface area contributed by atoms with Gasteiger partial charge in [0, 0.05) is 29.2 Å². The summed E-state index contributed by atoms with van der Waals surface area (Å²) in [5.74, 6) is 1.33. The maximum Gasteiger partial charge on any atom is 0.147 e. The molecule has 28 heavy (non-hydrogen) atoms. The Kier molecular flexibility index (Phi) is 5.56. The molecule has 1 atom stereocenters. The minimum atomic E-state index is 0.463. The Morgan fingerprint density at radius 2 is 2.11 bits per heavy atom. The first-order chi connectivity index (χ1) is 13.7. The molecule has 1 unspecified atom stereocenters. The van der Waals surface area contributed by atoms with Crippen LogP contribution in [0, 0.1) is 5.92 Å². The fraction of sp³-hybridized carbons (Fsp3) is 0.458. The Hall–Kier alpha value is -2.49. The number of hydrogen-bond acceptors (Lipinski definition) is 2. The van der Waals surface area contributed by atoms with Gasteiger partial charge in [-0.2, -0.15) is 0 Å². The highest BCUT2D eigenvalue weighted by molar-refractivity contribution is 6.11. The first-order valence-electron chi connectivity index (χ1n) is 10.7. The number of ether oxygens (including phenoxy) is 1. The van der Waals surface area contributed by atoms with Crippen LogP contribution in [0.3, 0.4) is 0 Å². The van der Waals surface area contributed by atoms with E-state index in [-0.39, 0.29) is 0 Å². The standard InChI is InChI=1S/C24H31N3O/c1-4-9-16(5-2)23(21-14-17-10-6-7-11-18(17)26-21)24-22(28-3)15-20(27-24)19-12-8-13-25-19/h8,12-16,25-26H,4-7,9-11H2,1-3H3. The number of aryl methyl sites for hydroxylation is 2. The molecule has 4 heteroatoms. The molecule has 2 aromatic rings. The number of aromatic nitrogens is 2. The third kappa shape index (κ3) is 3.48. The number of methoxy groups -OCH3 is 1. The van der Waals surface area contributed by atoms with Gasteiger partial charge < -0.3 is 14.7 Å². The molecular weight excluding hydrogens is 346 g/mol. The van der Waals surface area contributed by atoms with Crippen molar-refractivity contribution >= 4 is 11.3 Å². The quantitative estimate of drug-likeness (QED) is 0.630. The Morgan fingerprint density at radius 1 is 1.25 bits per heavy atom. The van der Waals surface area contributed by atoms with Crippen LogP contribution in [0.15, 0.2) is 46.9 Å². The average Bonchev–Trinajstić information content (AvgIpc) is 3.45. The summed E-state index contributed by atoms with van der Waals surface area (Å²) >= 11 is 0.